The van der Waals surface area contributed by atoms with E-state index in [0.717, 1.165) is 5.41 Å². The van der Waals surface area contributed by atoms with Gasteiger partial charge in [-0.1, -0.05) is 35.9 Å². The smallest absolute Gasteiger partial charge is 0.335 e. The zero-order chi connectivity index (χ0) is 16.2. The maximum atomic E-state index is 12.0. The molecule has 0 aliphatic heterocycles. The molecule has 0 aromatic heterocycles. The molecule has 0 unspecified atom stereocenters. The summed E-state index contributed by atoms with van der Waals surface area (Å²) in [6, 6.07) is 12.6. The molecule has 0 bridgehead atoms. The topological polar surface area (TPSA) is 71.4 Å². The van der Waals surface area contributed by atoms with E-state index >= 15 is 0 Å². The fourth-order valence-electron chi connectivity index (χ4n) is 1.78. The zero-order valence-corrected chi connectivity index (χ0v) is 13.0. The van der Waals surface area contributed by atoms with Gasteiger partial charge in [-0.2, -0.15) is 0 Å². The predicted octanol–water partition coefficient (Wildman–Crippen LogP) is 3.62. The number of carboxylic acids is 1. The second kappa shape index (κ2) is 6.77. The Hall–Kier alpha value is -2.11. The molecule has 0 amide bonds. The van der Waals surface area contributed by atoms with Crippen molar-refractivity contribution in [2.45, 2.75) is 5.75 Å². The van der Waals surface area contributed by atoms with Gasteiger partial charge in [-0.3, -0.25) is 0 Å². The van der Waals surface area contributed by atoms with Gasteiger partial charge in [-0.15, -0.1) is 0 Å². The molecule has 0 fully saturated rings. The Morgan fingerprint density at radius 2 is 1.64 bits per heavy atom. The van der Waals surface area contributed by atoms with Crippen LogP contribution in [0.1, 0.15) is 21.5 Å². The summed E-state index contributed by atoms with van der Waals surface area (Å²) in [4.78, 5) is 10.7. The van der Waals surface area contributed by atoms with E-state index in [4.69, 9.17) is 16.7 Å². The van der Waals surface area contributed by atoms with Crippen LogP contribution in [0, 0.1) is 0 Å². The minimum atomic E-state index is -3.41. The first-order valence-corrected chi connectivity index (χ1v) is 8.44. The molecular weight excluding hydrogens is 324 g/mol. The highest BCUT2D eigenvalue weighted by Crippen LogP contribution is 2.14. The third-order valence-corrected chi connectivity index (χ3v) is 4.45. The quantitative estimate of drug-likeness (QED) is 0.905. The number of hydrogen-bond acceptors (Lipinski definition) is 3. The van der Waals surface area contributed by atoms with Gasteiger partial charge in [-0.05, 0) is 41.5 Å². The van der Waals surface area contributed by atoms with Gasteiger partial charge in [0.1, 0.15) is 0 Å². The fourth-order valence-corrected chi connectivity index (χ4v) is 3.02. The summed E-state index contributed by atoms with van der Waals surface area (Å²) < 4.78 is 24.0. The van der Waals surface area contributed by atoms with Crippen LogP contribution in [0.3, 0.4) is 0 Å². The van der Waals surface area contributed by atoms with E-state index in [1.54, 1.807) is 36.4 Å². The van der Waals surface area contributed by atoms with Crippen LogP contribution in [-0.2, 0) is 15.6 Å². The Morgan fingerprint density at radius 3 is 2.18 bits per heavy atom. The predicted molar refractivity (Wildman–Crippen MR) is 86.5 cm³/mol. The van der Waals surface area contributed by atoms with Crippen LogP contribution in [-0.4, -0.2) is 19.5 Å². The molecule has 0 aliphatic rings. The van der Waals surface area contributed by atoms with Crippen molar-refractivity contribution in [1.29, 1.82) is 0 Å². The van der Waals surface area contributed by atoms with Crippen LogP contribution in [0.5, 0.6) is 0 Å². The van der Waals surface area contributed by atoms with Crippen molar-refractivity contribution < 1.29 is 18.3 Å². The molecule has 2 rings (SSSR count). The van der Waals surface area contributed by atoms with Crippen LogP contribution < -0.4 is 0 Å². The van der Waals surface area contributed by atoms with Gasteiger partial charge in [0.25, 0.3) is 0 Å². The van der Waals surface area contributed by atoms with E-state index < -0.39 is 15.8 Å². The van der Waals surface area contributed by atoms with Crippen LogP contribution >= 0.6 is 11.6 Å². The monoisotopic (exact) mass is 336 g/mol. The number of halogens is 1. The number of benzene rings is 2. The molecule has 22 heavy (non-hydrogen) atoms. The molecule has 0 radical (unpaired) electrons. The zero-order valence-electron chi connectivity index (χ0n) is 11.4. The highest BCUT2D eigenvalue weighted by Gasteiger charge is 2.08. The lowest BCUT2D eigenvalue weighted by Gasteiger charge is -2.00. The molecule has 4 nitrogen and oxygen atoms in total. The van der Waals surface area contributed by atoms with Crippen molar-refractivity contribution in [1.82, 2.24) is 0 Å². The second-order valence-corrected chi connectivity index (χ2v) is 6.99. The fraction of sp³-hybridized carbons (Fsp3) is 0.0625. The van der Waals surface area contributed by atoms with Crippen molar-refractivity contribution in [2.24, 2.45) is 0 Å². The van der Waals surface area contributed by atoms with Gasteiger partial charge >= 0.3 is 5.97 Å². The van der Waals surface area contributed by atoms with E-state index in [2.05, 4.69) is 0 Å². The van der Waals surface area contributed by atoms with Crippen molar-refractivity contribution in [3.05, 3.63) is 75.7 Å². The Labute approximate surface area is 133 Å². The first-order valence-electron chi connectivity index (χ1n) is 6.34. The SMILES string of the molecule is O=C(O)c1ccc(C=CS(=O)(=O)Cc2ccc(Cl)cc2)cc1. The van der Waals surface area contributed by atoms with E-state index in [1.807, 2.05) is 0 Å². The van der Waals surface area contributed by atoms with Gasteiger partial charge in [0, 0.05) is 10.4 Å². The number of aromatic carboxylic acids is 1. The molecule has 0 saturated heterocycles. The van der Waals surface area contributed by atoms with E-state index in [1.165, 1.54) is 18.2 Å². The largest absolute Gasteiger partial charge is 0.478 e. The van der Waals surface area contributed by atoms with Crippen molar-refractivity contribution >= 4 is 33.5 Å². The number of hydrogen-bond donors (Lipinski definition) is 1. The molecule has 0 heterocycles. The number of carbonyl (C=O) groups is 1. The number of rotatable bonds is 5. The highest BCUT2D eigenvalue weighted by atomic mass is 35.5. The molecule has 2 aromatic rings. The molecule has 6 heteroatoms. The lowest BCUT2D eigenvalue weighted by molar-refractivity contribution is 0.0697. The normalized spacial score (nSPS) is 11.7. The third-order valence-electron chi connectivity index (χ3n) is 2.91. The Bertz CT molecular complexity index is 791. The summed E-state index contributed by atoms with van der Waals surface area (Å²) in [6.07, 6.45) is 1.44. The maximum Gasteiger partial charge on any atom is 0.335 e. The lowest BCUT2D eigenvalue weighted by atomic mass is 10.1. The Balaban J connectivity index is 2.10. The Kier molecular flexibility index (Phi) is 5.00. The van der Waals surface area contributed by atoms with Crippen molar-refractivity contribution in [3.63, 3.8) is 0 Å². The lowest BCUT2D eigenvalue weighted by Crippen LogP contribution is -1.99. The van der Waals surface area contributed by atoms with Crippen molar-refractivity contribution in [2.75, 3.05) is 0 Å². The molecule has 2 aromatic carbocycles. The first-order chi connectivity index (χ1) is 10.4. The van der Waals surface area contributed by atoms with E-state index in [9.17, 15) is 13.2 Å². The summed E-state index contributed by atoms with van der Waals surface area (Å²) >= 11 is 5.75. The van der Waals surface area contributed by atoms with Gasteiger partial charge in [-0.25, -0.2) is 13.2 Å². The van der Waals surface area contributed by atoms with Crippen LogP contribution in [0.4, 0.5) is 0 Å². The minimum absolute atomic E-state index is 0.117. The average molecular weight is 337 g/mol. The maximum absolute atomic E-state index is 12.0. The van der Waals surface area contributed by atoms with E-state index in [-0.39, 0.29) is 11.3 Å². The van der Waals surface area contributed by atoms with Gasteiger partial charge < -0.3 is 5.11 Å². The molecule has 0 atom stereocenters. The first kappa shape index (κ1) is 16.3. The number of sulfone groups is 1. The summed E-state index contributed by atoms with van der Waals surface area (Å²) in [5.41, 5.74) is 1.42. The molecular formula is C16H13ClO4S. The highest BCUT2D eigenvalue weighted by molar-refractivity contribution is 7.93. The summed E-state index contributed by atoms with van der Waals surface area (Å²) in [7, 11) is -3.41. The third kappa shape index (κ3) is 4.72. The second-order valence-electron chi connectivity index (χ2n) is 4.66. The molecule has 114 valence electrons. The van der Waals surface area contributed by atoms with Gasteiger partial charge in [0.15, 0.2) is 9.84 Å². The number of carboxylic acid groups (broad SMARTS) is 1. The minimum Gasteiger partial charge on any atom is -0.478 e. The van der Waals surface area contributed by atoms with Crippen LogP contribution in [0.15, 0.2) is 53.9 Å². The molecule has 0 saturated carbocycles. The summed E-state index contributed by atoms with van der Waals surface area (Å²) in [5.74, 6) is -1.14. The van der Waals surface area contributed by atoms with E-state index in [0.29, 0.717) is 16.1 Å². The summed E-state index contributed by atoms with van der Waals surface area (Å²) in [6.45, 7) is 0. The standard InChI is InChI=1S/C16H13ClO4S/c17-15-7-3-13(4-8-15)11-22(20,21)10-9-12-1-5-14(6-2-12)16(18)19/h1-10H,11H2,(H,18,19). The van der Waals surface area contributed by atoms with Gasteiger partial charge in [0.05, 0.1) is 11.3 Å². The molecule has 0 spiro atoms. The molecule has 1 N–H and O–H groups in total. The van der Waals surface area contributed by atoms with Gasteiger partial charge in [0.2, 0.25) is 0 Å². The summed E-state index contributed by atoms with van der Waals surface area (Å²) in [5, 5.41) is 10.5. The van der Waals surface area contributed by atoms with Crippen LogP contribution in [0.25, 0.3) is 6.08 Å². The van der Waals surface area contributed by atoms with Crippen LogP contribution in [0.2, 0.25) is 5.02 Å². The average Bonchev–Trinajstić information content (AvgIpc) is 2.48. The molecule has 0 aliphatic carbocycles. The Morgan fingerprint density at radius 1 is 1.05 bits per heavy atom. The van der Waals surface area contributed by atoms with Crippen molar-refractivity contribution in [3.8, 4) is 0 Å².